The third-order valence-corrected chi connectivity index (χ3v) is 6.37. The molecule has 1 aliphatic rings. The molecule has 37 heavy (non-hydrogen) atoms. The van der Waals surface area contributed by atoms with Crippen molar-refractivity contribution in [2.75, 3.05) is 32.8 Å². The van der Waals surface area contributed by atoms with Crippen LogP contribution in [0.4, 0.5) is 0 Å². The molecule has 1 fully saturated rings. The topological polar surface area (TPSA) is 79.3 Å². The maximum Gasteiger partial charge on any atom is 0.295 e. The van der Waals surface area contributed by atoms with Crippen LogP contribution in [0.1, 0.15) is 51.3 Å². The number of carbonyl (C=O) groups excluding carboxylic acids is 2. The quantitative estimate of drug-likeness (QED) is 0.174. The average molecular weight is 507 g/mol. The first-order valence-electron chi connectivity index (χ1n) is 12.9. The molecule has 0 saturated carbocycles. The molecule has 7 nitrogen and oxygen atoms in total. The zero-order valence-electron chi connectivity index (χ0n) is 22.3. The number of hydrogen-bond acceptors (Lipinski definition) is 6. The Kier molecular flexibility index (Phi) is 9.92. The van der Waals surface area contributed by atoms with Gasteiger partial charge in [0.25, 0.3) is 11.7 Å². The molecule has 0 aliphatic carbocycles. The zero-order valence-corrected chi connectivity index (χ0v) is 22.3. The van der Waals surface area contributed by atoms with Gasteiger partial charge < -0.3 is 24.4 Å². The van der Waals surface area contributed by atoms with E-state index in [1.807, 2.05) is 38.1 Å². The number of carbonyl (C=O) groups is 2. The summed E-state index contributed by atoms with van der Waals surface area (Å²) in [7, 11) is 0. The van der Waals surface area contributed by atoms with Gasteiger partial charge in [-0.1, -0.05) is 38.6 Å². The second-order valence-corrected chi connectivity index (χ2v) is 9.23. The lowest BCUT2D eigenvalue weighted by Crippen LogP contribution is -2.33. The Balaban J connectivity index is 1.99. The smallest absolute Gasteiger partial charge is 0.295 e. The van der Waals surface area contributed by atoms with Crippen molar-refractivity contribution in [3.8, 4) is 11.5 Å². The molecule has 1 heterocycles. The highest BCUT2D eigenvalue weighted by atomic mass is 16.5. The van der Waals surface area contributed by atoms with Gasteiger partial charge in [-0.3, -0.25) is 9.59 Å². The van der Waals surface area contributed by atoms with Gasteiger partial charge in [-0.2, -0.15) is 0 Å². The minimum atomic E-state index is -0.693. The fraction of sp³-hybridized carbons (Fsp3) is 0.400. The zero-order chi connectivity index (χ0) is 26.9. The summed E-state index contributed by atoms with van der Waals surface area (Å²) in [5.74, 6) is -0.162. The molecular weight excluding hydrogens is 468 g/mol. The van der Waals surface area contributed by atoms with Crippen molar-refractivity contribution in [1.29, 1.82) is 0 Å². The number of ketones is 1. The Morgan fingerprint density at radius 3 is 2.24 bits per heavy atom. The first kappa shape index (κ1) is 28.0. The van der Waals surface area contributed by atoms with Crippen molar-refractivity contribution in [2.45, 2.75) is 46.3 Å². The highest BCUT2D eigenvalue weighted by molar-refractivity contribution is 6.46. The summed E-state index contributed by atoms with van der Waals surface area (Å²) in [6.07, 6.45) is 2.39. The molecule has 1 saturated heterocycles. The Morgan fingerprint density at radius 1 is 1.05 bits per heavy atom. The number of amides is 1. The molecule has 1 N–H and O–H groups in total. The third kappa shape index (κ3) is 6.80. The summed E-state index contributed by atoms with van der Waals surface area (Å²) in [5, 5.41) is 11.3. The first-order valence-corrected chi connectivity index (χ1v) is 12.9. The standard InChI is InChI=1S/C30H38N2O5/c1-6-20-36-24-14-12-23(13-15-24)28(33)26-27(22-10-16-25(17-11-22)37-21(4)5)32(30(35)29(26)34)19-9-18-31(7-2)8-3/h6,10-17,21,27,33H,1,7-9,18-20H2,2-5H3/b28-26-. The molecule has 1 unspecified atom stereocenters. The minimum Gasteiger partial charge on any atom is -0.507 e. The van der Waals surface area contributed by atoms with Gasteiger partial charge >= 0.3 is 0 Å². The Bertz CT molecular complexity index is 1100. The first-order chi connectivity index (χ1) is 17.8. The lowest BCUT2D eigenvalue weighted by molar-refractivity contribution is -0.140. The van der Waals surface area contributed by atoms with E-state index in [1.165, 1.54) is 0 Å². The number of ether oxygens (including phenoxy) is 2. The number of hydrogen-bond donors (Lipinski definition) is 1. The van der Waals surface area contributed by atoms with Gasteiger partial charge in [0.1, 0.15) is 23.9 Å². The van der Waals surface area contributed by atoms with E-state index in [4.69, 9.17) is 9.47 Å². The van der Waals surface area contributed by atoms with Crippen LogP contribution in [0.25, 0.3) is 5.76 Å². The fourth-order valence-corrected chi connectivity index (χ4v) is 4.48. The minimum absolute atomic E-state index is 0.0231. The number of nitrogens with zero attached hydrogens (tertiary/aromatic N) is 2. The van der Waals surface area contributed by atoms with Crippen molar-refractivity contribution in [1.82, 2.24) is 9.80 Å². The van der Waals surface area contributed by atoms with E-state index in [0.29, 0.717) is 30.2 Å². The molecule has 1 atom stereocenters. The largest absolute Gasteiger partial charge is 0.507 e. The van der Waals surface area contributed by atoms with E-state index < -0.39 is 17.7 Å². The Hall–Kier alpha value is -3.58. The highest BCUT2D eigenvalue weighted by Crippen LogP contribution is 2.40. The number of benzene rings is 2. The summed E-state index contributed by atoms with van der Waals surface area (Å²) >= 11 is 0. The molecule has 3 rings (SSSR count). The predicted molar refractivity (Wildman–Crippen MR) is 146 cm³/mol. The molecule has 2 aromatic carbocycles. The molecule has 1 amide bonds. The average Bonchev–Trinajstić information content (AvgIpc) is 3.15. The van der Waals surface area contributed by atoms with E-state index in [2.05, 4.69) is 25.3 Å². The summed E-state index contributed by atoms with van der Waals surface area (Å²) in [5.41, 5.74) is 1.27. The number of aliphatic hydroxyl groups is 1. The van der Waals surface area contributed by atoms with E-state index in [0.717, 1.165) is 31.6 Å². The van der Waals surface area contributed by atoms with E-state index in [-0.39, 0.29) is 17.4 Å². The maximum atomic E-state index is 13.3. The lowest BCUT2D eigenvalue weighted by atomic mass is 9.95. The molecule has 0 spiro atoms. The summed E-state index contributed by atoms with van der Waals surface area (Å²) in [4.78, 5) is 30.3. The van der Waals surface area contributed by atoms with Crippen molar-refractivity contribution in [3.63, 3.8) is 0 Å². The molecule has 0 radical (unpaired) electrons. The SMILES string of the molecule is C=CCOc1ccc(/C(O)=C2/C(=O)C(=O)N(CCCN(CC)CC)C2c2ccc(OC(C)C)cc2)cc1. The van der Waals surface area contributed by atoms with E-state index in [9.17, 15) is 14.7 Å². The van der Waals surface area contributed by atoms with Crippen LogP contribution in [-0.2, 0) is 9.59 Å². The van der Waals surface area contributed by atoms with Gasteiger partial charge in [-0.25, -0.2) is 0 Å². The van der Waals surface area contributed by atoms with Gasteiger partial charge in [0, 0.05) is 12.1 Å². The summed E-state index contributed by atoms with van der Waals surface area (Å²) < 4.78 is 11.3. The lowest BCUT2D eigenvalue weighted by Gasteiger charge is -2.27. The van der Waals surface area contributed by atoms with Crippen LogP contribution in [0.3, 0.4) is 0 Å². The van der Waals surface area contributed by atoms with E-state index >= 15 is 0 Å². The van der Waals surface area contributed by atoms with Crippen LogP contribution in [0.15, 0.2) is 66.8 Å². The van der Waals surface area contributed by atoms with Crippen LogP contribution in [0.5, 0.6) is 11.5 Å². The molecule has 1 aliphatic heterocycles. The summed E-state index contributed by atoms with van der Waals surface area (Å²) in [6, 6.07) is 13.5. The molecular formula is C30H38N2O5. The molecule has 2 aromatic rings. The molecule has 0 aromatic heterocycles. The predicted octanol–water partition coefficient (Wildman–Crippen LogP) is 5.19. The second-order valence-electron chi connectivity index (χ2n) is 9.23. The number of aliphatic hydroxyl groups excluding tert-OH is 1. The van der Waals surface area contributed by atoms with Crippen LogP contribution >= 0.6 is 0 Å². The summed E-state index contributed by atoms with van der Waals surface area (Å²) in [6.45, 7) is 15.2. The fourth-order valence-electron chi connectivity index (χ4n) is 4.48. The van der Waals surface area contributed by atoms with Gasteiger partial charge in [0.05, 0.1) is 17.7 Å². The van der Waals surface area contributed by atoms with Gasteiger partial charge in [-0.15, -0.1) is 0 Å². The van der Waals surface area contributed by atoms with Crippen LogP contribution in [-0.4, -0.2) is 65.5 Å². The van der Waals surface area contributed by atoms with Crippen LogP contribution in [0.2, 0.25) is 0 Å². The van der Waals surface area contributed by atoms with Crippen molar-refractivity contribution in [3.05, 3.63) is 77.9 Å². The monoisotopic (exact) mass is 506 g/mol. The third-order valence-electron chi connectivity index (χ3n) is 6.37. The molecule has 7 heteroatoms. The highest BCUT2D eigenvalue weighted by Gasteiger charge is 2.45. The normalized spacial score (nSPS) is 17.0. The van der Waals surface area contributed by atoms with Crippen molar-refractivity contribution < 1.29 is 24.2 Å². The molecule has 0 bridgehead atoms. The van der Waals surface area contributed by atoms with Gasteiger partial charge in [0.15, 0.2) is 0 Å². The Morgan fingerprint density at radius 2 is 1.68 bits per heavy atom. The van der Waals surface area contributed by atoms with Gasteiger partial charge in [0.2, 0.25) is 0 Å². The second kappa shape index (κ2) is 13.1. The van der Waals surface area contributed by atoms with Crippen molar-refractivity contribution in [2.24, 2.45) is 0 Å². The molecule has 198 valence electrons. The number of rotatable bonds is 13. The van der Waals surface area contributed by atoms with E-state index in [1.54, 1.807) is 35.2 Å². The number of likely N-dealkylation sites (tertiary alicyclic amines) is 1. The van der Waals surface area contributed by atoms with Crippen LogP contribution < -0.4 is 9.47 Å². The maximum absolute atomic E-state index is 13.3. The van der Waals surface area contributed by atoms with Crippen LogP contribution in [0, 0.1) is 0 Å². The van der Waals surface area contributed by atoms with Crippen molar-refractivity contribution >= 4 is 17.4 Å². The Labute approximate surface area is 220 Å². The van der Waals surface area contributed by atoms with Gasteiger partial charge in [-0.05, 0) is 81.9 Å². The number of Topliss-reactive ketones (excluding diaryl/α,β-unsaturated/α-hetero) is 1.